The fourth-order valence-electron chi connectivity index (χ4n) is 3.51. The summed E-state index contributed by atoms with van der Waals surface area (Å²) in [5, 5.41) is 3.44. The van der Waals surface area contributed by atoms with Gasteiger partial charge in [-0.15, -0.1) is 0 Å². The summed E-state index contributed by atoms with van der Waals surface area (Å²) >= 11 is 6.08. The third-order valence-electron chi connectivity index (χ3n) is 5.14. The second-order valence-corrected chi connectivity index (χ2v) is 7.29. The van der Waals surface area contributed by atoms with E-state index in [9.17, 15) is 9.18 Å². The number of para-hydroxylation sites is 1. The lowest BCUT2D eigenvalue weighted by Crippen LogP contribution is -3.28. The van der Waals surface area contributed by atoms with Gasteiger partial charge in [0.25, 0.3) is 5.91 Å². The van der Waals surface area contributed by atoms with Crippen LogP contribution in [-0.2, 0) is 4.79 Å². The topological polar surface area (TPSA) is 38.0 Å². The molecule has 0 saturated carbocycles. The molecule has 1 heterocycles. The minimum absolute atomic E-state index is 0.0110. The number of piperazine rings is 1. The Labute approximate surface area is 158 Å². The summed E-state index contributed by atoms with van der Waals surface area (Å²) < 4.78 is 13.1. The van der Waals surface area contributed by atoms with Crippen molar-refractivity contribution in [3.8, 4) is 0 Å². The second-order valence-electron chi connectivity index (χ2n) is 6.89. The Hall–Kier alpha value is -1.95. The van der Waals surface area contributed by atoms with E-state index in [1.807, 2.05) is 30.3 Å². The molecule has 1 atom stereocenters. The maximum atomic E-state index is 13.1. The predicted molar refractivity (Wildman–Crippen MR) is 101 cm³/mol. The highest BCUT2D eigenvalue weighted by atomic mass is 35.5. The van der Waals surface area contributed by atoms with Crippen LogP contribution in [-0.4, -0.2) is 38.6 Å². The molecule has 1 saturated heterocycles. The average Bonchev–Trinajstić information content (AvgIpc) is 2.64. The van der Waals surface area contributed by atoms with Crippen molar-refractivity contribution in [2.24, 2.45) is 0 Å². The van der Waals surface area contributed by atoms with E-state index in [4.69, 9.17) is 11.6 Å². The summed E-state index contributed by atoms with van der Waals surface area (Å²) in [6, 6.07) is 14.4. The van der Waals surface area contributed by atoms with Crippen LogP contribution in [0.15, 0.2) is 48.5 Å². The minimum Gasteiger partial charge on any atom is -0.320 e. The molecule has 3 N–H and O–H groups in total. The largest absolute Gasteiger partial charge is 0.320 e. The smallest absolute Gasteiger partial charge is 0.279 e. The lowest BCUT2D eigenvalue weighted by atomic mass is 10.1. The number of nitrogens with one attached hydrogen (secondary N) is 3. The lowest BCUT2D eigenvalue weighted by Gasteiger charge is -2.33. The van der Waals surface area contributed by atoms with Crippen LogP contribution in [0.2, 0.25) is 5.02 Å². The van der Waals surface area contributed by atoms with Crippen LogP contribution in [0.5, 0.6) is 0 Å². The fourth-order valence-corrected chi connectivity index (χ4v) is 3.69. The first-order chi connectivity index (χ1) is 12.5. The van der Waals surface area contributed by atoms with Gasteiger partial charge in [0.1, 0.15) is 38.0 Å². The summed E-state index contributed by atoms with van der Waals surface area (Å²) in [6.45, 7) is 6.50. The van der Waals surface area contributed by atoms with Crippen molar-refractivity contribution >= 4 is 23.2 Å². The molecular formula is C20H25ClFN3O+2. The Balaban J connectivity index is 1.48. The Morgan fingerprint density at radius 3 is 2.42 bits per heavy atom. The van der Waals surface area contributed by atoms with Gasteiger partial charge >= 0.3 is 0 Å². The Bertz CT molecular complexity index is 745. The molecule has 26 heavy (non-hydrogen) atoms. The van der Waals surface area contributed by atoms with E-state index in [1.54, 1.807) is 6.07 Å². The van der Waals surface area contributed by atoms with Gasteiger partial charge in [-0.25, -0.2) is 4.39 Å². The molecular weight excluding hydrogens is 353 g/mol. The normalized spacial score (nSPS) is 21.2. The molecule has 138 valence electrons. The molecule has 0 bridgehead atoms. The third kappa shape index (κ3) is 4.81. The zero-order valence-electron chi connectivity index (χ0n) is 14.9. The van der Waals surface area contributed by atoms with Gasteiger partial charge in [-0.3, -0.25) is 4.79 Å². The molecule has 1 aliphatic rings. The van der Waals surface area contributed by atoms with Crippen molar-refractivity contribution in [1.29, 1.82) is 0 Å². The number of hydrogen-bond acceptors (Lipinski definition) is 1. The molecule has 0 aromatic heterocycles. The zero-order valence-corrected chi connectivity index (χ0v) is 15.7. The van der Waals surface area contributed by atoms with E-state index in [0.29, 0.717) is 23.3 Å². The van der Waals surface area contributed by atoms with E-state index < -0.39 is 0 Å². The van der Waals surface area contributed by atoms with Crippen LogP contribution in [0.3, 0.4) is 0 Å². The van der Waals surface area contributed by atoms with Gasteiger partial charge in [0.05, 0.1) is 10.7 Å². The second kappa shape index (κ2) is 8.62. The van der Waals surface area contributed by atoms with E-state index >= 15 is 0 Å². The molecule has 1 amide bonds. The first-order valence-corrected chi connectivity index (χ1v) is 9.38. The summed E-state index contributed by atoms with van der Waals surface area (Å²) in [4.78, 5) is 15.0. The number of amides is 1. The van der Waals surface area contributed by atoms with E-state index in [2.05, 4.69) is 12.2 Å². The average molecular weight is 378 g/mol. The minimum atomic E-state index is -0.199. The van der Waals surface area contributed by atoms with Crippen molar-refractivity contribution in [2.45, 2.75) is 13.0 Å². The van der Waals surface area contributed by atoms with Gasteiger partial charge in [0, 0.05) is 5.56 Å². The zero-order chi connectivity index (χ0) is 18.5. The number of rotatable bonds is 5. The molecule has 4 nitrogen and oxygen atoms in total. The van der Waals surface area contributed by atoms with Crippen molar-refractivity contribution < 1.29 is 19.0 Å². The number of carbonyl (C=O) groups is 1. The van der Waals surface area contributed by atoms with Crippen LogP contribution >= 0.6 is 11.6 Å². The summed E-state index contributed by atoms with van der Waals surface area (Å²) in [6.07, 6.45) is 0. The quantitative estimate of drug-likeness (QED) is 0.713. The molecule has 3 rings (SSSR count). The van der Waals surface area contributed by atoms with Crippen molar-refractivity contribution in [3.63, 3.8) is 0 Å². The van der Waals surface area contributed by atoms with Crippen LogP contribution < -0.4 is 15.1 Å². The molecule has 2 aromatic carbocycles. The standard InChI is InChI=1S/C20H23ClFN3O/c1-15(16-6-8-17(22)9-7-16)25-12-10-24(11-13-25)14-20(26)23-19-5-3-2-4-18(19)21/h2-9,15H,10-14H2,1H3,(H,23,26)/p+2/t15-/m0/s1. The number of quaternary nitrogens is 2. The first kappa shape index (κ1) is 18.8. The van der Waals surface area contributed by atoms with E-state index in [0.717, 1.165) is 31.7 Å². The van der Waals surface area contributed by atoms with Gasteiger partial charge in [-0.2, -0.15) is 0 Å². The predicted octanol–water partition coefficient (Wildman–Crippen LogP) is 0.962. The van der Waals surface area contributed by atoms with Crippen LogP contribution in [0.25, 0.3) is 0 Å². The third-order valence-corrected chi connectivity index (χ3v) is 5.47. The van der Waals surface area contributed by atoms with Crippen LogP contribution in [0, 0.1) is 5.82 Å². The highest BCUT2D eigenvalue weighted by Gasteiger charge is 2.29. The summed E-state index contributed by atoms with van der Waals surface area (Å²) in [5.74, 6) is -0.210. The summed E-state index contributed by atoms with van der Waals surface area (Å²) in [5.41, 5.74) is 1.81. The first-order valence-electron chi connectivity index (χ1n) is 9.01. The molecule has 0 aliphatic carbocycles. The number of hydrogen-bond donors (Lipinski definition) is 3. The Morgan fingerprint density at radius 2 is 1.77 bits per heavy atom. The lowest BCUT2D eigenvalue weighted by molar-refractivity contribution is -1.02. The molecule has 1 aliphatic heterocycles. The van der Waals surface area contributed by atoms with Gasteiger partial charge in [-0.1, -0.05) is 35.9 Å². The molecule has 0 radical (unpaired) electrons. The van der Waals surface area contributed by atoms with Crippen molar-refractivity contribution in [2.75, 3.05) is 38.0 Å². The molecule has 0 unspecified atom stereocenters. The van der Waals surface area contributed by atoms with E-state index in [-0.39, 0.29) is 11.7 Å². The van der Waals surface area contributed by atoms with Crippen molar-refractivity contribution in [3.05, 3.63) is 64.9 Å². The number of benzene rings is 2. The fraction of sp³-hybridized carbons (Fsp3) is 0.350. The maximum Gasteiger partial charge on any atom is 0.279 e. The Morgan fingerprint density at radius 1 is 1.12 bits per heavy atom. The highest BCUT2D eigenvalue weighted by molar-refractivity contribution is 6.33. The number of carbonyl (C=O) groups excluding carboxylic acids is 1. The molecule has 6 heteroatoms. The van der Waals surface area contributed by atoms with Crippen molar-refractivity contribution in [1.82, 2.24) is 0 Å². The number of anilines is 1. The van der Waals surface area contributed by atoms with Crippen LogP contribution in [0.1, 0.15) is 18.5 Å². The molecule has 0 spiro atoms. The van der Waals surface area contributed by atoms with E-state index in [1.165, 1.54) is 21.9 Å². The molecule has 2 aromatic rings. The number of halogens is 2. The van der Waals surface area contributed by atoms with Gasteiger partial charge < -0.3 is 15.1 Å². The SMILES string of the molecule is C[C@@H](c1ccc(F)cc1)[NH+]1CC[NH+](CC(=O)Nc2ccccc2Cl)CC1. The van der Waals surface area contributed by atoms with Gasteiger partial charge in [0.2, 0.25) is 0 Å². The highest BCUT2D eigenvalue weighted by Crippen LogP contribution is 2.19. The maximum absolute atomic E-state index is 13.1. The molecule has 1 fully saturated rings. The van der Waals surface area contributed by atoms with Gasteiger partial charge in [0.15, 0.2) is 6.54 Å². The Kier molecular flexibility index (Phi) is 6.25. The summed E-state index contributed by atoms with van der Waals surface area (Å²) in [7, 11) is 0. The van der Waals surface area contributed by atoms with Gasteiger partial charge in [-0.05, 0) is 31.2 Å². The monoisotopic (exact) mass is 377 g/mol. The van der Waals surface area contributed by atoms with Crippen LogP contribution in [0.4, 0.5) is 10.1 Å².